The molecule has 2 amide bonds. The summed E-state index contributed by atoms with van der Waals surface area (Å²) in [5, 5.41) is 8.25. The lowest BCUT2D eigenvalue weighted by molar-refractivity contribution is -0.130. The van der Waals surface area contributed by atoms with E-state index in [2.05, 4.69) is 32.7 Å². The van der Waals surface area contributed by atoms with Gasteiger partial charge in [0.05, 0.1) is 5.52 Å². The second kappa shape index (κ2) is 9.29. The first kappa shape index (κ1) is 22.1. The van der Waals surface area contributed by atoms with Gasteiger partial charge in [-0.3, -0.25) is 14.6 Å². The predicted octanol–water partition coefficient (Wildman–Crippen LogP) is 4.99. The van der Waals surface area contributed by atoms with Crippen LogP contribution in [0.4, 0.5) is 5.69 Å². The average molecular weight is 455 g/mol. The molecule has 1 aliphatic rings. The average Bonchev–Trinajstić information content (AvgIpc) is 3.24. The van der Waals surface area contributed by atoms with E-state index >= 15 is 0 Å². The number of pyridine rings is 1. The van der Waals surface area contributed by atoms with Gasteiger partial charge in [-0.1, -0.05) is 44.5 Å². The molecular weight excluding hydrogens is 424 g/mol. The van der Waals surface area contributed by atoms with Gasteiger partial charge in [0.25, 0.3) is 0 Å². The lowest BCUT2D eigenvalue weighted by atomic mass is 9.85. The fourth-order valence-electron chi connectivity index (χ4n) is 4.94. The van der Waals surface area contributed by atoms with Gasteiger partial charge in [0.15, 0.2) is 0 Å². The highest BCUT2D eigenvalue weighted by molar-refractivity contribution is 5.99. The van der Waals surface area contributed by atoms with E-state index < -0.39 is 6.04 Å². The fourth-order valence-corrected chi connectivity index (χ4v) is 4.94. The number of nitrogens with zero attached hydrogens (tertiary/aromatic N) is 1. The molecule has 174 valence electrons. The zero-order valence-electron chi connectivity index (χ0n) is 19.6. The summed E-state index contributed by atoms with van der Waals surface area (Å²) in [4.78, 5) is 34.4. The number of para-hydroxylation sites is 1. The maximum Gasteiger partial charge on any atom is 0.247 e. The molecule has 1 aliphatic carbocycles. The number of aromatic amines is 1. The Morgan fingerprint density at radius 3 is 2.85 bits per heavy atom. The van der Waals surface area contributed by atoms with Crippen molar-refractivity contribution in [2.45, 2.75) is 45.6 Å². The van der Waals surface area contributed by atoms with E-state index in [-0.39, 0.29) is 23.7 Å². The van der Waals surface area contributed by atoms with Crippen LogP contribution in [0.25, 0.3) is 21.8 Å². The van der Waals surface area contributed by atoms with Crippen molar-refractivity contribution in [3.05, 3.63) is 72.1 Å². The number of aryl methyl sites for hydroxylation is 1. The molecule has 5 rings (SSSR count). The van der Waals surface area contributed by atoms with Gasteiger partial charge in [-0.2, -0.15) is 0 Å². The summed E-state index contributed by atoms with van der Waals surface area (Å²) in [5.41, 5.74) is 5.16. The van der Waals surface area contributed by atoms with Crippen LogP contribution < -0.4 is 10.6 Å². The predicted molar refractivity (Wildman–Crippen MR) is 136 cm³/mol. The zero-order chi connectivity index (χ0) is 23.7. The standard InChI is InChI=1S/C28H30N4O2/c1-3-17(2)26(28(34)30-20-11-13-23-18(15-20)7-6-14-29-23)32-27(33)19-10-12-25-22(16-19)21-8-4-5-9-24(21)31-25/h4-9,11,13-15,17,19,26,31H,3,10,12,16H2,1-2H3,(H,30,34)(H,32,33)/t17?,19?,26-/m1/s1. The number of hydrogen-bond donors (Lipinski definition) is 3. The maximum absolute atomic E-state index is 13.3. The second-order valence-corrected chi connectivity index (χ2v) is 9.34. The number of carbonyl (C=O) groups is 2. The van der Waals surface area contributed by atoms with E-state index in [0.717, 1.165) is 35.7 Å². The van der Waals surface area contributed by atoms with Crippen molar-refractivity contribution >= 4 is 39.3 Å². The van der Waals surface area contributed by atoms with E-state index in [4.69, 9.17) is 0 Å². The lowest BCUT2D eigenvalue weighted by Crippen LogP contribution is -2.50. The van der Waals surface area contributed by atoms with Gasteiger partial charge in [-0.25, -0.2) is 0 Å². The van der Waals surface area contributed by atoms with E-state index in [9.17, 15) is 9.59 Å². The third-order valence-corrected chi connectivity index (χ3v) is 7.13. The molecule has 4 aromatic rings. The minimum atomic E-state index is -0.591. The number of benzene rings is 2. The summed E-state index contributed by atoms with van der Waals surface area (Å²) in [5.74, 6) is -0.357. The van der Waals surface area contributed by atoms with Crippen molar-refractivity contribution in [1.82, 2.24) is 15.3 Å². The summed E-state index contributed by atoms with van der Waals surface area (Å²) in [6.45, 7) is 4.05. The Morgan fingerprint density at radius 1 is 1.15 bits per heavy atom. The van der Waals surface area contributed by atoms with Gasteiger partial charge >= 0.3 is 0 Å². The largest absolute Gasteiger partial charge is 0.358 e. The van der Waals surface area contributed by atoms with Crippen molar-refractivity contribution in [1.29, 1.82) is 0 Å². The third-order valence-electron chi connectivity index (χ3n) is 7.13. The molecule has 6 nitrogen and oxygen atoms in total. The monoisotopic (exact) mass is 454 g/mol. The van der Waals surface area contributed by atoms with Crippen LogP contribution in [0.2, 0.25) is 0 Å². The summed E-state index contributed by atoms with van der Waals surface area (Å²) in [6.07, 6.45) is 4.85. The Hall–Kier alpha value is -3.67. The number of nitrogens with one attached hydrogen (secondary N) is 3. The van der Waals surface area contributed by atoms with Crippen molar-refractivity contribution in [2.24, 2.45) is 11.8 Å². The van der Waals surface area contributed by atoms with Crippen LogP contribution >= 0.6 is 0 Å². The summed E-state index contributed by atoms with van der Waals surface area (Å²) >= 11 is 0. The number of fused-ring (bicyclic) bond motifs is 4. The summed E-state index contributed by atoms with van der Waals surface area (Å²) in [6, 6.07) is 17.1. The number of carbonyl (C=O) groups excluding carboxylic acids is 2. The molecule has 0 fully saturated rings. The number of anilines is 1. The van der Waals surface area contributed by atoms with Crippen LogP contribution in [0.15, 0.2) is 60.8 Å². The van der Waals surface area contributed by atoms with Crippen LogP contribution in [-0.4, -0.2) is 27.8 Å². The smallest absolute Gasteiger partial charge is 0.247 e. The Balaban J connectivity index is 1.31. The molecule has 6 heteroatoms. The quantitative estimate of drug-likeness (QED) is 0.384. The molecule has 2 unspecified atom stereocenters. The minimum absolute atomic E-state index is 0.0123. The first-order valence-electron chi connectivity index (χ1n) is 12.1. The SMILES string of the molecule is CCC(C)[C@@H](NC(=O)C1CCc2[nH]c3ccccc3c2C1)C(=O)Nc1ccc2ncccc2c1. The highest BCUT2D eigenvalue weighted by Crippen LogP contribution is 2.32. The number of hydrogen-bond acceptors (Lipinski definition) is 3. The maximum atomic E-state index is 13.3. The molecule has 3 atom stereocenters. The first-order valence-corrected chi connectivity index (χ1v) is 12.1. The van der Waals surface area contributed by atoms with Crippen molar-refractivity contribution in [3.63, 3.8) is 0 Å². The van der Waals surface area contributed by atoms with Gasteiger partial charge in [0.2, 0.25) is 11.8 Å². The number of amides is 2. The Labute approximate surface area is 199 Å². The van der Waals surface area contributed by atoms with Gasteiger partial charge in [0.1, 0.15) is 6.04 Å². The van der Waals surface area contributed by atoms with Crippen molar-refractivity contribution in [3.8, 4) is 0 Å². The Bertz CT molecular complexity index is 1360. The number of rotatable bonds is 6. The molecule has 3 N–H and O–H groups in total. The van der Waals surface area contributed by atoms with E-state index in [0.29, 0.717) is 12.1 Å². The van der Waals surface area contributed by atoms with E-state index in [1.807, 2.05) is 56.3 Å². The molecule has 2 aromatic heterocycles. The van der Waals surface area contributed by atoms with E-state index in [1.165, 1.54) is 16.6 Å². The lowest BCUT2D eigenvalue weighted by Gasteiger charge is -2.28. The van der Waals surface area contributed by atoms with E-state index in [1.54, 1.807) is 6.20 Å². The van der Waals surface area contributed by atoms with Gasteiger partial charge < -0.3 is 15.6 Å². The molecular formula is C28H30N4O2. The molecule has 0 saturated heterocycles. The van der Waals surface area contributed by atoms with Crippen LogP contribution in [0.3, 0.4) is 0 Å². The third kappa shape index (κ3) is 4.28. The van der Waals surface area contributed by atoms with Crippen molar-refractivity contribution < 1.29 is 9.59 Å². The first-order chi connectivity index (χ1) is 16.5. The van der Waals surface area contributed by atoms with Gasteiger partial charge in [-0.05, 0) is 61.1 Å². The van der Waals surface area contributed by atoms with Crippen LogP contribution in [0, 0.1) is 11.8 Å². The van der Waals surface area contributed by atoms with Gasteiger partial charge in [-0.15, -0.1) is 0 Å². The fraction of sp³-hybridized carbons (Fsp3) is 0.321. The highest BCUT2D eigenvalue weighted by atomic mass is 16.2. The molecule has 0 bridgehead atoms. The Morgan fingerprint density at radius 2 is 2.00 bits per heavy atom. The molecule has 0 saturated carbocycles. The van der Waals surface area contributed by atoms with Gasteiger partial charge in [0, 0.05) is 39.8 Å². The number of H-pyrrole nitrogens is 1. The molecule has 2 heterocycles. The molecule has 34 heavy (non-hydrogen) atoms. The number of aromatic nitrogens is 2. The second-order valence-electron chi connectivity index (χ2n) is 9.34. The molecule has 0 spiro atoms. The Kier molecular flexibility index (Phi) is 6.05. The van der Waals surface area contributed by atoms with Crippen LogP contribution in [0.1, 0.15) is 37.9 Å². The molecule has 0 aliphatic heterocycles. The molecule has 2 aromatic carbocycles. The summed E-state index contributed by atoms with van der Waals surface area (Å²) in [7, 11) is 0. The minimum Gasteiger partial charge on any atom is -0.358 e. The topological polar surface area (TPSA) is 86.9 Å². The summed E-state index contributed by atoms with van der Waals surface area (Å²) < 4.78 is 0. The van der Waals surface area contributed by atoms with Crippen LogP contribution in [0.5, 0.6) is 0 Å². The highest BCUT2D eigenvalue weighted by Gasteiger charge is 2.32. The normalized spacial score (nSPS) is 17.2. The van der Waals surface area contributed by atoms with Crippen molar-refractivity contribution in [2.75, 3.05) is 5.32 Å². The molecule has 0 radical (unpaired) electrons. The zero-order valence-corrected chi connectivity index (χ0v) is 19.6. The van der Waals surface area contributed by atoms with Crippen LogP contribution in [-0.2, 0) is 22.4 Å².